The monoisotopic (exact) mass is 420 g/mol. The molecule has 0 fully saturated rings. The number of carbonyl (C=O) groups is 2. The summed E-state index contributed by atoms with van der Waals surface area (Å²) in [5.41, 5.74) is 4.87. The number of ether oxygens (including phenoxy) is 1. The Hall–Kier alpha value is -2.99. The van der Waals surface area contributed by atoms with E-state index >= 15 is 0 Å². The average molecular weight is 421 g/mol. The summed E-state index contributed by atoms with van der Waals surface area (Å²) in [6.07, 6.45) is 0.941. The Morgan fingerprint density at radius 1 is 1.13 bits per heavy atom. The number of esters is 1. The molecule has 0 saturated carbocycles. The number of benzene rings is 2. The topological polar surface area (TPSA) is 59.5 Å². The second-order valence-corrected chi connectivity index (χ2v) is 8.27. The molecule has 0 bridgehead atoms. The van der Waals surface area contributed by atoms with E-state index < -0.39 is 12.1 Å². The van der Waals surface area contributed by atoms with Gasteiger partial charge < -0.3 is 9.64 Å². The third-order valence-corrected chi connectivity index (χ3v) is 6.29. The van der Waals surface area contributed by atoms with Gasteiger partial charge in [-0.05, 0) is 36.5 Å². The molecule has 1 aromatic heterocycles. The first-order chi connectivity index (χ1) is 14.5. The van der Waals surface area contributed by atoms with E-state index in [1.54, 1.807) is 17.2 Å². The van der Waals surface area contributed by atoms with E-state index in [1.165, 1.54) is 22.5 Å². The average Bonchev–Trinajstić information content (AvgIpc) is 3.28. The van der Waals surface area contributed by atoms with Crippen molar-refractivity contribution in [3.8, 4) is 10.6 Å². The minimum atomic E-state index is -0.850. The Morgan fingerprint density at radius 3 is 2.60 bits per heavy atom. The highest BCUT2D eigenvalue weighted by Crippen LogP contribution is 2.25. The van der Waals surface area contributed by atoms with E-state index in [2.05, 4.69) is 30.1 Å². The number of aromatic nitrogens is 1. The van der Waals surface area contributed by atoms with Crippen LogP contribution in [0.5, 0.6) is 0 Å². The summed E-state index contributed by atoms with van der Waals surface area (Å²) >= 11 is 1.39. The molecule has 1 aliphatic rings. The molecule has 0 spiro atoms. The number of aryl methyl sites for hydroxylation is 1. The van der Waals surface area contributed by atoms with Gasteiger partial charge in [0.1, 0.15) is 5.01 Å². The van der Waals surface area contributed by atoms with Crippen molar-refractivity contribution in [3.63, 3.8) is 0 Å². The van der Waals surface area contributed by atoms with Crippen LogP contribution in [0.2, 0.25) is 0 Å². The van der Waals surface area contributed by atoms with Crippen molar-refractivity contribution in [3.05, 3.63) is 76.3 Å². The molecule has 0 radical (unpaired) electrons. The van der Waals surface area contributed by atoms with Crippen molar-refractivity contribution in [2.45, 2.75) is 39.3 Å². The van der Waals surface area contributed by atoms with E-state index in [9.17, 15) is 9.59 Å². The van der Waals surface area contributed by atoms with Crippen LogP contribution in [0.4, 0.5) is 0 Å². The van der Waals surface area contributed by atoms with E-state index in [4.69, 9.17) is 4.74 Å². The van der Waals surface area contributed by atoms with Crippen LogP contribution in [0.3, 0.4) is 0 Å². The molecule has 154 valence electrons. The number of nitrogens with zero attached hydrogens (tertiary/aromatic N) is 2. The standard InChI is InChI=1S/C24H24N2O3S/c1-3-17-8-10-19(11-9-17)22-25-21(15-30-22)24(28)29-16(2)23(27)26-13-12-18-6-4-5-7-20(18)14-26/h4-11,15-16H,3,12-14H2,1-2H3/t16-/m0/s1. The number of amides is 1. The Bertz CT molecular complexity index is 1060. The van der Waals surface area contributed by atoms with Gasteiger partial charge in [0, 0.05) is 24.0 Å². The molecule has 1 amide bonds. The lowest BCUT2D eigenvalue weighted by Crippen LogP contribution is -2.42. The summed E-state index contributed by atoms with van der Waals surface area (Å²) < 4.78 is 5.44. The highest BCUT2D eigenvalue weighted by atomic mass is 32.1. The largest absolute Gasteiger partial charge is 0.448 e. The third-order valence-electron chi connectivity index (χ3n) is 5.40. The van der Waals surface area contributed by atoms with E-state index in [-0.39, 0.29) is 11.6 Å². The second-order valence-electron chi connectivity index (χ2n) is 7.41. The first-order valence-electron chi connectivity index (χ1n) is 10.2. The van der Waals surface area contributed by atoms with Gasteiger partial charge in [-0.15, -0.1) is 11.3 Å². The lowest BCUT2D eigenvalue weighted by molar-refractivity contribution is -0.140. The fourth-order valence-corrected chi connectivity index (χ4v) is 4.39. The van der Waals surface area contributed by atoms with Gasteiger partial charge in [-0.3, -0.25) is 4.79 Å². The van der Waals surface area contributed by atoms with Gasteiger partial charge in [0.15, 0.2) is 11.8 Å². The Balaban J connectivity index is 1.39. The molecular formula is C24H24N2O3S. The second kappa shape index (κ2) is 8.79. The molecule has 0 saturated heterocycles. The zero-order valence-electron chi connectivity index (χ0n) is 17.1. The predicted molar refractivity (Wildman–Crippen MR) is 117 cm³/mol. The van der Waals surface area contributed by atoms with Crippen LogP contribution in [0, 0.1) is 0 Å². The van der Waals surface area contributed by atoms with Gasteiger partial charge >= 0.3 is 5.97 Å². The molecule has 2 aromatic carbocycles. The number of fused-ring (bicyclic) bond motifs is 1. The molecule has 6 heteroatoms. The Labute approximate surface area is 180 Å². The third kappa shape index (κ3) is 4.28. The van der Waals surface area contributed by atoms with E-state index in [0.717, 1.165) is 29.0 Å². The number of thiazole rings is 1. The predicted octanol–water partition coefficient (Wildman–Crippen LogP) is 4.50. The molecule has 1 aliphatic heterocycles. The van der Waals surface area contributed by atoms with Crippen molar-refractivity contribution < 1.29 is 14.3 Å². The number of hydrogen-bond donors (Lipinski definition) is 0. The SMILES string of the molecule is CCc1ccc(-c2nc(C(=O)O[C@@H](C)C(=O)N3CCc4ccccc4C3)cs2)cc1. The van der Waals surface area contributed by atoms with E-state index in [1.807, 2.05) is 30.3 Å². The molecule has 4 rings (SSSR count). The van der Waals surface area contributed by atoms with Crippen molar-refractivity contribution in [2.24, 2.45) is 0 Å². The van der Waals surface area contributed by atoms with Crippen LogP contribution in [-0.4, -0.2) is 34.4 Å². The fourth-order valence-electron chi connectivity index (χ4n) is 3.60. The Morgan fingerprint density at radius 2 is 1.87 bits per heavy atom. The Kier molecular flexibility index (Phi) is 5.95. The molecule has 30 heavy (non-hydrogen) atoms. The van der Waals surface area contributed by atoms with Gasteiger partial charge in [-0.25, -0.2) is 9.78 Å². The van der Waals surface area contributed by atoms with Crippen molar-refractivity contribution in [1.29, 1.82) is 0 Å². The van der Waals surface area contributed by atoms with Gasteiger partial charge in [0.05, 0.1) is 0 Å². The zero-order valence-corrected chi connectivity index (χ0v) is 17.9. The van der Waals surface area contributed by atoms with Crippen LogP contribution < -0.4 is 0 Å². The maximum absolute atomic E-state index is 12.8. The van der Waals surface area contributed by atoms with Gasteiger partial charge in [0.2, 0.25) is 0 Å². The lowest BCUT2D eigenvalue weighted by Gasteiger charge is -2.30. The van der Waals surface area contributed by atoms with Crippen LogP contribution in [0.15, 0.2) is 53.9 Å². The molecule has 0 unspecified atom stereocenters. The summed E-state index contributed by atoms with van der Waals surface area (Å²) in [6, 6.07) is 16.3. The zero-order chi connectivity index (χ0) is 21.1. The van der Waals surface area contributed by atoms with Crippen molar-refractivity contribution >= 4 is 23.2 Å². The summed E-state index contributed by atoms with van der Waals surface area (Å²) in [7, 11) is 0. The fraction of sp³-hybridized carbons (Fsp3) is 0.292. The smallest absolute Gasteiger partial charge is 0.358 e. The molecule has 1 atom stereocenters. The highest BCUT2D eigenvalue weighted by molar-refractivity contribution is 7.13. The maximum Gasteiger partial charge on any atom is 0.358 e. The van der Waals surface area contributed by atoms with Crippen LogP contribution >= 0.6 is 11.3 Å². The van der Waals surface area contributed by atoms with Crippen LogP contribution in [0.25, 0.3) is 10.6 Å². The molecule has 0 aliphatic carbocycles. The van der Waals surface area contributed by atoms with Crippen molar-refractivity contribution in [2.75, 3.05) is 6.54 Å². The molecule has 3 aromatic rings. The van der Waals surface area contributed by atoms with Crippen LogP contribution in [-0.2, 0) is 28.9 Å². The number of hydrogen-bond acceptors (Lipinski definition) is 5. The summed E-state index contributed by atoms with van der Waals surface area (Å²) in [5.74, 6) is -0.746. The van der Waals surface area contributed by atoms with Gasteiger partial charge in [0.25, 0.3) is 5.91 Å². The maximum atomic E-state index is 12.8. The first-order valence-corrected chi connectivity index (χ1v) is 11.0. The van der Waals surface area contributed by atoms with Gasteiger partial charge in [-0.2, -0.15) is 0 Å². The molecular weight excluding hydrogens is 396 g/mol. The first kappa shape index (κ1) is 20.3. The minimum absolute atomic E-state index is 0.177. The van der Waals surface area contributed by atoms with Gasteiger partial charge in [-0.1, -0.05) is 55.5 Å². The molecule has 0 N–H and O–H groups in total. The summed E-state index contributed by atoms with van der Waals surface area (Å²) in [5, 5.41) is 2.44. The minimum Gasteiger partial charge on any atom is -0.448 e. The van der Waals surface area contributed by atoms with Crippen molar-refractivity contribution in [1.82, 2.24) is 9.88 Å². The molecule has 5 nitrogen and oxygen atoms in total. The quantitative estimate of drug-likeness (QED) is 0.570. The highest BCUT2D eigenvalue weighted by Gasteiger charge is 2.28. The summed E-state index contributed by atoms with van der Waals surface area (Å²) in [4.78, 5) is 31.5. The van der Waals surface area contributed by atoms with Crippen LogP contribution in [0.1, 0.15) is 41.0 Å². The number of rotatable bonds is 5. The van der Waals surface area contributed by atoms with E-state index in [0.29, 0.717) is 13.1 Å². The lowest BCUT2D eigenvalue weighted by atomic mass is 9.99. The summed E-state index contributed by atoms with van der Waals surface area (Å²) in [6.45, 7) is 4.91. The normalized spacial score (nSPS) is 14.1. The number of carbonyl (C=O) groups excluding carboxylic acids is 2. The molecule has 2 heterocycles.